The first-order valence-electron chi connectivity index (χ1n) is 19.6. The molecule has 292 valence electrons. The van der Waals surface area contributed by atoms with Crippen LogP contribution in [-0.2, 0) is 19.1 Å². The van der Waals surface area contributed by atoms with Crippen LogP contribution in [0.25, 0.3) is 22.3 Å². The highest BCUT2D eigenvalue weighted by molar-refractivity contribution is 7.14. The molecule has 5 atom stereocenters. The van der Waals surface area contributed by atoms with Crippen molar-refractivity contribution in [1.29, 1.82) is 0 Å². The van der Waals surface area contributed by atoms with Gasteiger partial charge in [-0.3, -0.25) is 9.59 Å². The van der Waals surface area contributed by atoms with E-state index in [2.05, 4.69) is 16.0 Å². The summed E-state index contributed by atoms with van der Waals surface area (Å²) >= 11 is 1.51. The molecule has 4 fully saturated rings. The molecule has 15 heteroatoms. The fourth-order valence-electron chi connectivity index (χ4n) is 8.05. The molecule has 1 saturated heterocycles. The number of carboxylic acids is 1. The molecule has 0 radical (unpaired) electrons. The summed E-state index contributed by atoms with van der Waals surface area (Å²) in [5.74, 6) is -1.33. The first-order valence-corrected chi connectivity index (χ1v) is 20.4. The van der Waals surface area contributed by atoms with Gasteiger partial charge in [-0.1, -0.05) is 25.0 Å². The molecule has 1 unspecified atom stereocenters. The third kappa shape index (κ3) is 8.21. The van der Waals surface area contributed by atoms with Gasteiger partial charge >= 0.3 is 12.1 Å². The van der Waals surface area contributed by atoms with Gasteiger partial charge < -0.3 is 40.2 Å². The van der Waals surface area contributed by atoms with Gasteiger partial charge in [-0.2, -0.15) is 0 Å². The average Bonchev–Trinajstić information content (AvgIpc) is 3.87. The molecule has 3 amide bonds. The summed E-state index contributed by atoms with van der Waals surface area (Å²) in [6.07, 6.45) is 12.0. The number of ether oxygens (including phenoxy) is 3. The number of thiazole rings is 1. The van der Waals surface area contributed by atoms with Crippen LogP contribution in [0.5, 0.6) is 11.5 Å². The number of anilines is 1. The van der Waals surface area contributed by atoms with Gasteiger partial charge in [-0.05, 0) is 76.3 Å². The second kappa shape index (κ2) is 15.7. The number of amides is 3. The normalized spacial score (nSPS) is 27.9. The maximum Gasteiger partial charge on any atom is 0.408 e. The van der Waals surface area contributed by atoms with E-state index in [1.165, 1.54) is 16.2 Å². The summed E-state index contributed by atoms with van der Waals surface area (Å²) in [5, 5.41) is 22.8. The van der Waals surface area contributed by atoms with Crippen LogP contribution in [0, 0.1) is 5.92 Å². The summed E-state index contributed by atoms with van der Waals surface area (Å²) in [4.78, 5) is 65.6. The van der Waals surface area contributed by atoms with Crippen LogP contribution in [0.1, 0.15) is 83.5 Å². The van der Waals surface area contributed by atoms with E-state index in [9.17, 15) is 24.3 Å². The van der Waals surface area contributed by atoms with Crippen molar-refractivity contribution in [3.05, 3.63) is 41.8 Å². The number of carboxylic acid groups (broad SMARTS) is 1. The van der Waals surface area contributed by atoms with Gasteiger partial charge in [-0.15, -0.1) is 11.3 Å². The monoisotopic (exact) mass is 772 g/mol. The van der Waals surface area contributed by atoms with Gasteiger partial charge in [0, 0.05) is 41.3 Å². The molecular formula is C40H48N6O8S. The number of rotatable bonds is 9. The van der Waals surface area contributed by atoms with Crippen molar-refractivity contribution in [1.82, 2.24) is 25.5 Å². The topological polar surface area (TPSA) is 181 Å². The van der Waals surface area contributed by atoms with Gasteiger partial charge in [0.05, 0.1) is 24.9 Å². The molecule has 4 N–H and O–H groups in total. The van der Waals surface area contributed by atoms with Crippen molar-refractivity contribution in [2.24, 2.45) is 5.92 Å². The minimum Gasteiger partial charge on any atom is -0.497 e. The number of carbonyl (C=O) groups is 4. The fourth-order valence-corrected chi connectivity index (χ4v) is 8.83. The lowest BCUT2D eigenvalue weighted by molar-refractivity contribution is -0.145. The number of hydrogen-bond acceptors (Lipinski definition) is 11. The molecule has 4 heterocycles. The number of carbonyl (C=O) groups excluding carboxylic acids is 3. The van der Waals surface area contributed by atoms with E-state index in [0.29, 0.717) is 52.7 Å². The molecule has 3 saturated carbocycles. The van der Waals surface area contributed by atoms with E-state index >= 15 is 0 Å². The van der Waals surface area contributed by atoms with Crippen LogP contribution >= 0.6 is 11.3 Å². The molecule has 5 aliphatic rings. The summed E-state index contributed by atoms with van der Waals surface area (Å²) in [7, 11) is 1.59. The number of pyridine rings is 1. The highest BCUT2D eigenvalue weighted by Crippen LogP contribution is 2.45. The smallest absolute Gasteiger partial charge is 0.408 e. The number of nitrogens with one attached hydrogen (secondary N) is 3. The number of methoxy groups -OCH3 is 1. The Bertz CT molecular complexity index is 1980. The lowest BCUT2D eigenvalue weighted by atomic mass is 10.0. The Hall–Kier alpha value is -4.92. The highest BCUT2D eigenvalue weighted by Gasteiger charge is 2.61. The van der Waals surface area contributed by atoms with E-state index in [4.69, 9.17) is 24.2 Å². The molecule has 2 aromatic heterocycles. The number of allylic oxidation sites excluding steroid dienone is 1. The number of benzene rings is 1. The molecule has 0 spiro atoms. The Kier molecular flexibility index (Phi) is 10.6. The van der Waals surface area contributed by atoms with Crippen molar-refractivity contribution < 1.29 is 38.5 Å². The zero-order valence-electron chi connectivity index (χ0n) is 31.0. The maximum atomic E-state index is 14.5. The van der Waals surface area contributed by atoms with Crippen LogP contribution in [0.15, 0.2) is 41.8 Å². The molecular weight excluding hydrogens is 725 g/mol. The summed E-state index contributed by atoms with van der Waals surface area (Å²) in [5.41, 5.74) is 0.459. The van der Waals surface area contributed by atoms with Gasteiger partial charge in [0.15, 0.2) is 5.13 Å². The minimum absolute atomic E-state index is 0.0393. The van der Waals surface area contributed by atoms with Crippen molar-refractivity contribution in [3.63, 3.8) is 0 Å². The molecule has 55 heavy (non-hydrogen) atoms. The van der Waals surface area contributed by atoms with Gasteiger partial charge in [0.2, 0.25) is 11.8 Å². The second-order valence-corrected chi connectivity index (χ2v) is 16.3. The number of nitrogens with zero attached hydrogens (tertiary/aromatic N) is 3. The van der Waals surface area contributed by atoms with Crippen molar-refractivity contribution >= 4 is 51.2 Å². The van der Waals surface area contributed by atoms with Gasteiger partial charge in [-0.25, -0.2) is 19.6 Å². The van der Waals surface area contributed by atoms with E-state index in [0.717, 1.165) is 62.9 Å². The first-order chi connectivity index (χ1) is 26.7. The zero-order chi connectivity index (χ0) is 38.1. The molecule has 2 aliphatic heterocycles. The van der Waals surface area contributed by atoms with Crippen molar-refractivity contribution in [2.75, 3.05) is 19.0 Å². The number of aromatic nitrogens is 2. The summed E-state index contributed by atoms with van der Waals surface area (Å²) in [6, 6.07) is 5.80. The molecule has 14 nitrogen and oxygen atoms in total. The van der Waals surface area contributed by atoms with Crippen LogP contribution in [0.3, 0.4) is 0 Å². The van der Waals surface area contributed by atoms with Crippen molar-refractivity contribution in [2.45, 2.75) is 119 Å². The maximum absolute atomic E-state index is 14.5. The van der Waals surface area contributed by atoms with E-state index in [1.54, 1.807) is 7.11 Å². The van der Waals surface area contributed by atoms with Crippen LogP contribution in [-0.4, -0.2) is 93.4 Å². The van der Waals surface area contributed by atoms with E-state index in [1.807, 2.05) is 41.8 Å². The quantitative estimate of drug-likeness (QED) is 0.193. The molecule has 3 aromatic rings. The number of alkyl carbamates (subject to hydrolysis) is 1. The second-order valence-electron chi connectivity index (χ2n) is 15.5. The molecule has 0 bridgehead atoms. The van der Waals surface area contributed by atoms with Gasteiger partial charge in [0.25, 0.3) is 0 Å². The standard InChI is InChI=1S/C40H48N6O8S/c1-52-26-15-16-28-30(17-26)42-31(32-22-55-38(43-32)41-24-13-14-24)19-34(28)53-27-18-33-35(47)45-40(37(49)50)20-23(40)9-5-3-2-4-6-12-29(36(48)46(33)21-27)44-39(51)54-25-10-7-8-11-25/h5,9,15-17,19,22-25,27,29,33H,2-4,6-8,10-14,18,20-21H2,1H3,(H,41,43)(H,44,51)(H,45,47)(H,49,50)/b9-5-/t23-,27+,29-,33?,40+/m0/s1. The Morgan fingerprint density at radius 3 is 2.60 bits per heavy atom. The Morgan fingerprint density at radius 1 is 1.00 bits per heavy atom. The molecule has 3 aliphatic carbocycles. The number of hydrogen-bond donors (Lipinski definition) is 4. The van der Waals surface area contributed by atoms with Crippen LogP contribution in [0.2, 0.25) is 0 Å². The predicted molar refractivity (Wildman–Crippen MR) is 205 cm³/mol. The Balaban J connectivity index is 1.10. The van der Waals surface area contributed by atoms with E-state index < -0.39 is 47.6 Å². The summed E-state index contributed by atoms with van der Waals surface area (Å²) < 4.78 is 17.9. The van der Waals surface area contributed by atoms with Crippen LogP contribution < -0.4 is 25.4 Å². The predicted octanol–water partition coefficient (Wildman–Crippen LogP) is 5.81. The molecule has 1 aromatic carbocycles. The van der Waals surface area contributed by atoms with Gasteiger partial charge in [0.1, 0.15) is 47.0 Å². The minimum atomic E-state index is -1.44. The largest absolute Gasteiger partial charge is 0.497 e. The summed E-state index contributed by atoms with van der Waals surface area (Å²) in [6.45, 7) is 0.0393. The lowest BCUT2D eigenvalue weighted by Gasteiger charge is -2.29. The SMILES string of the molecule is COc1ccc2c(O[C@@H]3CC4C(=O)N[C@]5(C(=O)O)C[C@@H]5/C=C\CCCCC[C@H](NC(=O)OC5CCCC5)C(=O)N4C3)cc(-c3csc(NC4CC4)n3)nc2c1. The Labute approximate surface area is 323 Å². The van der Waals surface area contributed by atoms with E-state index in [-0.39, 0.29) is 31.4 Å². The lowest BCUT2D eigenvalue weighted by Crippen LogP contribution is -2.56. The highest BCUT2D eigenvalue weighted by atomic mass is 32.1. The van der Waals surface area contributed by atoms with Crippen LogP contribution in [0.4, 0.5) is 9.93 Å². The third-order valence-electron chi connectivity index (χ3n) is 11.4. The molecule has 8 rings (SSSR count). The fraction of sp³-hybridized carbons (Fsp3) is 0.550. The Morgan fingerprint density at radius 2 is 1.82 bits per heavy atom. The zero-order valence-corrected chi connectivity index (χ0v) is 31.8. The first kappa shape index (κ1) is 37.0. The average molecular weight is 773 g/mol. The number of fused-ring (bicyclic) bond motifs is 3. The third-order valence-corrected chi connectivity index (χ3v) is 12.2. The van der Waals surface area contributed by atoms with Crippen molar-refractivity contribution in [3.8, 4) is 22.9 Å². The number of aliphatic carboxylic acids is 1.